The Morgan fingerprint density at radius 3 is 2.88 bits per heavy atom. The molecule has 1 N–H and O–H groups in total. The smallest absolute Gasteiger partial charge is 0.270 e. The highest BCUT2D eigenvalue weighted by molar-refractivity contribution is 6.02. The number of non-ortho nitro benzene ring substituents is 1. The average Bonchev–Trinajstić information content (AvgIpc) is 2.89. The molecule has 0 saturated carbocycles. The number of benzene rings is 1. The zero-order valence-electron chi connectivity index (χ0n) is 12.4. The highest BCUT2D eigenvalue weighted by Gasteiger charge is 2.19. The predicted octanol–water partition coefficient (Wildman–Crippen LogP) is 2.95. The standard InChI is InChI=1S/C15H10N6O3/c1-16-19-12-10-7-8(21(23)24)4-5-11(10)20-14(12)18-13-9(15(20)22)3-2-6-17-13/h2-7H,1H3,(H,17,18). The molecule has 118 valence electrons. The lowest BCUT2D eigenvalue weighted by atomic mass is 10.2. The first-order valence-electron chi connectivity index (χ1n) is 7.01. The Morgan fingerprint density at radius 2 is 2.12 bits per heavy atom. The number of aromatic amines is 1. The first kappa shape index (κ1) is 14.0. The fourth-order valence-corrected chi connectivity index (χ4v) is 2.81. The average molecular weight is 322 g/mol. The van der Waals surface area contributed by atoms with Gasteiger partial charge in [0.1, 0.15) is 17.0 Å². The van der Waals surface area contributed by atoms with Crippen LogP contribution in [0.15, 0.2) is 51.6 Å². The summed E-state index contributed by atoms with van der Waals surface area (Å²) in [5.41, 5.74) is 1.34. The summed E-state index contributed by atoms with van der Waals surface area (Å²) in [6.07, 6.45) is 1.57. The fourth-order valence-electron chi connectivity index (χ4n) is 2.81. The van der Waals surface area contributed by atoms with Crippen molar-refractivity contribution >= 4 is 39.0 Å². The molecule has 4 rings (SSSR count). The zero-order chi connectivity index (χ0) is 16.8. The highest BCUT2D eigenvalue weighted by Crippen LogP contribution is 2.35. The van der Waals surface area contributed by atoms with E-state index in [1.165, 1.54) is 29.6 Å². The normalized spacial score (nSPS) is 11.9. The largest absolute Gasteiger partial charge is 0.323 e. The molecule has 0 unspecified atom stereocenters. The van der Waals surface area contributed by atoms with E-state index in [0.29, 0.717) is 33.3 Å². The summed E-state index contributed by atoms with van der Waals surface area (Å²) < 4.78 is 1.44. The number of aromatic nitrogens is 3. The number of hydrogen-bond acceptors (Lipinski definition) is 6. The van der Waals surface area contributed by atoms with Crippen molar-refractivity contribution in [3.63, 3.8) is 0 Å². The van der Waals surface area contributed by atoms with E-state index in [1.807, 2.05) is 0 Å². The van der Waals surface area contributed by atoms with Crippen molar-refractivity contribution in [3.8, 4) is 0 Å². The highest BCUT2D eigenvalue weighted by atomic mass is 16.6. The monoisotopic (exact) mass is 322 g/mol. The van der Waals surface area contributed by atoms with Crippen molar-refractivity contribution in [2.45, 2.75) is 0 Å². The van der Waals surface area contributed by atoms with Gasteiger partial charge in [0.15, 0.2) is 0 Å². The van der Waals surface area contributed by atoms with Crippen LogP contribution >= 0.6 is 0 Å². The summed E-state index contributed by atoms with van der Waals surface area (Å²) in [5, 5.41) is 19.8. The number of nitrogens with one attached hydrogen (secondary N) is 1. The third-order valence-corrected chi connectivity index (χ3v) is 3.81. The van der Waals surface area contributed by atoms with Gasteiger partial charge in [-0.05, 0) is 18.2 Å². The number of azo groups is 1. The first-order chi connectivity index (χ1) is 11.6. The van der Waals surface area contributed by atoms with E-state index in [9.17, 15) is 14.9 Å². The molecule has 0 aliphatic heterocycles. The molecule has 9 nitrogen and oxygen atoms in total. The van der Waals surface area contributed by atoms with Crippen LogP contribution in [-0.4, -0.2) is 26.3 Å². The summed E-state index contributed by atoms with van der Waals surface area (Å²) in [7, 11) is 1.49. The first-order valence-corrected chi connectivity index (χ1v) is 7.01. The van der Waals surface area contributed by atoms with E-state index < -0.39 is 4.92 Å². The van der Waals surface area contributed by atoms with Crippen molar-refractivity contribution < 1.29 is 4.92 Å². The number of nitrogens with zero attached hydrogens (tertiary/aromatic N) is 5. The Hall–Kier alpha value is -3.62. The van der Waals surface area contributed by atoms with Gasteiger partial charge in [-0.1, -0.05) is 0 Å². The number of nitro groups is 1. The molecule has 0 aliphatic carbocycles. The maximum atomic E-state index is 12.8. The summed E-state index contributed by atoms with van der Waals surface area (Å²) in [6, 6.07) is 7.62. The molecule has 0 atom stereocenters. The van der Waals surface area contributed by atoms with Crippen molar-refractivity contribution in [2.75, 3.05) is 7.05 Å². The van der Waals surface area contributed by atoms with Crippen LogP contribution < -0.4 is 5.56 Å². The van der Waals surface area contributed by atoms with Crippen molar-refractivity contribution in [1.82, 2.24) is 14.4 Å². The fraction of sp³-hybridized carbons (Fsp3) is 0.0667. The van der Waals surface area contributed by atoms with Crippen molar-refractivity contribution in [3.05, 3.63) is 57.0 Å². The SMILES string of the molecule is CN=Nc1c2cc([N+](=O)[O-])ccc2n2c(=O)c3cccnc3[nH]c12. The van der Waals surface area contributed by atoms with Gasteiger partial charge in [0.05, 0.1) is 15.8 Å². The Balaban J connectivity index is 2.29. The summed E-state index contributed by atoms with van der Waals surface area (Å²) in [6.45, 7) is 0. The second kappa shape index (κ2) is 4.95. The molecule has 24 heavy (non-hydrogen) atoms. The Kier molecular flexibility index (Phi) is 2.89. The minimum Gasteiger partial charge on any atom is -0.323 e. The number of pyridine rings is 1. The van der Waals surface area contributed by atoms with Crippen LogP contribution in [0.2, 0.25) is 0 Å². The van der Waals surface area contributed by atoms with Crippen LogP contribution in [-0.2, 0) is 0 Å². The van der Waals surface area contributed by atoms with Gasteiger partial charge in [-0.25, -0.2) is 4.98 Å². The van der Waals surface area contributed by atoms with E-state index >= 15 is 0 Å². The van der Waals surface area contributed by atoms with Crippen LogP contribution in [0.3, 0.4) is 0 Å². The van der Waals surface area contributed by atoms with Gasteiger partial charge in [-0.2, -0.15) is 10.2 Å². The van der Waals surface area contributed by atoms with E-state index in [1.54, 1.807) is 18.3 Å². The van der Waals surface area contributed by atoms with E-state index in [-0.39, 0.29) is 11.2 Å². The molecule has 3 aromatic heterocycles. The molecular formula is C15H10N6O3. The summed E-state index contributed by atoms with van der Waals surface area (Å²) in [5.74, 6) is 0. The number of hydrogen-bond donors (Lipinski definition) is 1. The number of H-pyrrole nitrogens is 1. The van der Waals surface area contributed by atoms with Crippen LogP contribution in [0.25, 0.3) is 27.6 Å². The maximum absolute atomic E-state index is 12.8. The third-order valence-electron chi connectivity index (χ3n) is 3.81. The number of rotatable bonds is 2. The van der Waals surface area contributed by atoms with Gasteiger partial charge in [0.2, 0.25) is 0 Å². The van der Waals surface area contributed by atoms with Crippen LogP contribution in [0, 0.1) is 10.1 Å². The van der Waals surface area contributed by atoms with Gasteiger partial charge in [-0.15, -0.1) is 0 Å². The van der Waals surface area contributed by atoms with E-state index in [0.717, 1.165) is 0 Å². The topological polar surface area (TPSA) is 118 Å². The molecule has 0 spiro atoms. The Morgan fingerprint density at radius 1 is 1.29 bits per heavy atom. The quantitative estimate of drug-likeness (QED) is 0.346. The predicted molar refractivity (Wildman–Crippen MR) is 87.9 cm³/mol. The van der Waals surface area contributed by atoms with Gasteiger partial charge in [0.25, 0.3) is 11.2 Å². The van der Waals surface area contributed by atoms with Gasteiger partial charge in [0, 0.05) is 30.8 Å². The van der Waals surface area contributed by atoms with Crippen molar-refractivity contribution in [2.24, 2.45) is 10.2 Å². The van der Waals surface area contributed by atoms with Crippen LogP contribution in [0.4, 0.5) is 11.4 Å². The van der Waals surface area contributed by atoms with Gasteiger partial charge < -0.3 is 4.98 Å². The summed E-state index contributed by atoms with van der Waals surface area (Å²) >= 11 is 0. The lowest BCUT2D eigenvalue weighted by Gasteiger charge is -2.00. The molecule has 1 aromatic carbocycles. The third kappa shape index (κ3) is 1.81. The van der Waals surface area contributed by atoms with Crippen LogP contribution in [0.1, 0.15) is 0 Å². The molecule has 3 heterocycles. The molecule has 9 heteroatoms. The second-order valence-electron chi connectivity index (χ2n) is 5.12. The molecule has 0 amide bonds. The number of nitro benzene ring substituents is 1. The van der Waals surface area contributed by atoms with Gasteiger partial charge >= 0.3 is 0 Å². The van der Waals surface area contributed by atoms with E-state index in [2.05, 4.69) is 20.2 Å². The van der Waals surface area contributed by atoms with Crippen LogP contribution in [0.5, 0.6) is 0 Å². The van der Waals surface area contributed by atoms with Gasteiger partial charge in [-0.3, -0.25) is 19.3 Å². The minimum absolute atomic E-state index is 0.0823. The molecule has 4 aromatic rings. The molecule has 0 fully saturated rings. The molecular weight excluding hydrogens is 312 g/mol. The molecule has 0 saturated heterocycles. The number of fused-ring (bicyclic) bond motifs is 4. The Labute approximate surface area is 133 Å². The zero-order valence-corrected chi connectivity index (χ0v) is 12.4. The molecule has 0 bridgehead atoms. The lowest BCUT2D eigenvalue weighted by Crippen LogP contribution is -2.14. The Bertz CT molecular complexity index is 1220. The molecule has 0 radical (unpaired) electrons. The minimum atomic E-state index is -0.492. The second-order valence-corrected chi connectivity index (χ2v) is 5.12. The van der Waals surface area contributed by atoms with E-state index in [4.69, 9.17) is 0 Å². The maximum Gasteiger partial charge on any atom is 0.270 e. The van der Waals surface area contributed by atoms with Crippen molar-refractivity contribution in [1.29, 1.82) is 0 Å². The molecule has 0 aliphatic rings. The summed E-state index contributed by atoms with van der Waals surface area (Å²) in [4.78, 5) is 30.6. The lowest BCUT2D eigenvalue weighted by molar-refractivity contribution is -0.384.